The molecule has 0 unspecified atom stereocenters. The predicted octanol–water partition coefficient (Wildman–Crippen LogP) is 5.10. The first-order valence-corrected chi connectivity index (χ1v) is 11.2. The SMILES string of the molecule is C[C@@H]1Cc2c([nH]c3ccccc23)[C@@H](c2ccc(OCCNCCCF)cc2)N1CC(F)F. The average Bonchev–Trinajstić information content (AvgIpc) is 3.15. The number of nitrogens with one attached hydrogen (secondary N) is 2. The van der Waals surface area contributed by atoms with Crippen LogP contribution >= 0.6 is 0 Å². The third-order valence-corrected chi connectivity index (χ3v) is 6.10. The zero-order valence-electron chi connectivity index (χ0n) is 18.3. The smallest absolute Gasteiger partial charge is 0.251 e. The fourth-order valence-electron chi connectivity index (χ4n) is 4.61. The number of halogens is 3. The van der Waals surface area contributed by atoms with E-state index in [0.29, 0.717) is 26.1 Å². The number of ether oxygens (including phenoxy) is 1. The van der Waals surface area contributed by atoms with Crippen molar-refractivity contribution in [3.05, 3.63) is 65.4 Å². The van der Waals surface area contributed by atoms with E-state index in [9.17, 15) is 13.2 Å². The van der Waals surface area contributed by atoms with Crippen molar-refractivity contribution in [2.24, 2.45) is 0 Å². The monoisotopic (exact) mass is 445 g/mol. The zero-order valence-corrected chi connectivity index (χ0v) is 18.3. The van der Waals surface area contributed by atoms with Gasteiger partial charge in [0.05, 0.1) is 19.3 Å². The van der Waals surface area contributed by atoms with Gasteiger partial charge in [-0.25, -0.2) is 8.78 Å². The van der Waals surface area contributed by atoms with E-state index in [0.717, 1.165) is 34.3 Å². The van der Waals surface area contributed by atoms with Crippen molar-refractivity contribution in [1.29, 1.82) is 0 Å². The molecule has 2 atom stereocenters. The van der Waals surface area contributed by atoms with Crippen molar-refractivity contribution in [3.63, 3.8) is 0 Å². The molecule has 172 valence electrons. The first-order valence-electron chi connectivity index (χ1n) is 11.2. The van der Waals surface area contributed by atoms with Crippen molar-refractivity contribution in [2.75, 3.05) is 32.9 Å². The summed E-state index contributed by atoms with van der Waals surface area (Å²) in [6.45, 7) is 3.18. The van der Waals surface area contributed by atoms with Crippen LogP contribution in [0.5, 0.6) is 5.75 Å². The molecule has 0 saturated carbocycles. The number of para-hydroxylation sites is 1. The Balaban J connectivity index is 1.57. The molecule has 2 aromatic carbocycles. The molecule has 1 aliphatic rings. The molecule has 1 aromatic heterocycles. The molecule has 4 rings (SSSR count). The van der Waals surface area contributed by atoms with Crippen molar-refractivity contribution in [3.8, 4) is 5.75 Å². The molecule has 1 aliphatic heterocycles. The highest BCUT2D eigenvalue weighted by Crippen LogP contribution is 2.41. The minimum absolute atomic E-state index is 0.00738. The van der Waals surface area contributed by atoms with Gasteiger partial charge < -0.3 is 15.0 Å². The van der Waals surface area contributed by atoms with E-state index >= 15 is 0 Å². The lowest BCUT2D eigenvalue weighted by Crippen LogP contribution is -2.44. The lowest BCUT2D eigenvalue weighted by molar-refractivity contribution is 0.0456. The van der Waals surface area contributed by atoms with E-state index in [1.807, 2.05) is 54.3 Å². The molecule has 0 fully saturated rings. The van der Waals surface area contributed by atoms with E-state index in [1.165, 1.54) is 5.56 Å². The van der Waals surface area contributed by atoms with Crippen LogP contribution in [-0.4, -0.2) is 55.3 Å². The van der Waals surface area contributed by atoms with Gasteiger partial charge in [-0.05, 0) is 55.6 Å². The van der Waals surface area contributed by atoms with Crippen LogP contribution in [0.1, 0.15) is 36.2 Å². The van der Waals surface area contributed by atoms with Crippen molar-refractivity contribution in [1.82, 2.24) is 15.2 Å². The summed E-state index contributed by atoms with van der Waals surface area (Å²) in [7, 11) is 0. The van der Waals surface area contributed by atoms with Gasteiger partial charge in [-0.15, -0.1) is 0 Å². The van der Waals surface area contributed by atoms with Gasteiger partial charge in [0.15, 0.2) is 0 Å². The van der Waals surface area contributed by atoms with Gasteiger partial charge in [-0.1, -0.05) is 30.3 Å². The van der Waals surface area contributed by atoms with Crippen LogP contribution in [-0.2, 0) is 6.42 Å². The maximum absolute atomic E-state index is 13.5. The summed E-state index contributed by atoms with van der Waals surface area (Å²) in [5, 5.41) is 4.29. The number of hydrogen-bond acceptors (Lipinski definition) is 3. The molecule has 0 spiro atoms. The Kier molecular flexibility index (Phi) is 7.37. The Labute approximate surface area is 186 Å². The molecule has 7 heteroatoms. The molecular weight excluding hydrogens is 415 g/mol. The third kappa shape index (κ3) is 4.94. The molecule has 0 bridgehead atoms. The molecule has 2 N–H and O–H groups in total. The Morgan fingerprint density at radius 3 is 2.66 bits per heavy atom. The minimum atomic E-state index is -2.40. The van der Waals surface area contributed by atoms with Crippen molar-refractivity contribution in [2.45, 2.75) is 38.3 Å². The van der Waals surface area contributed by atoms with E-state index in [4.69, 9.17) is 4.74 Å². The molecule has 3 aromatic rings. The number of benzene rings is 2. The number of H-pyrrole nitrogens is 1. The highest BCUT2D eigenvalue weighted by Gasteiger charge is 2.36. The normalized spacial score (nSPS) is 18.9. The molecule has 0 amide bonds. The first-order chi connectivity index (χ1) is 15.6. The fourth-order valence-corrected chi connectivity index (χ4v) is 4.61. The van der Waals surface area contributed by atoms with E-state index < -0.39 is 6.43 Å². The second kappa shape index (κ2) is 10.4. The summed E-state index contributed by atoms with van der Waals surface area (Å²) >= 11 is 0. The summed E-state index contributed by atoms with van der Waals surface area (Å²) in [6.07, 6.45) is -1.17. The average molecular weight is 446 g/mol. The zero-order chi connectivity index (χ0) is 22.5. The topological polar surface area (TPSA) is 40.3 Å². The quantitative estimate of drug-likeness (QED) is 0.427. The summed E-state index contributed by atoms with van der Waals surface area (Å²) in [4.78, 5) is 5.40. The summed E-state index contributed by atoms with van der Waals surface area (Å²) in [6, 6.07) is 15.5. The molecule has 0 radical (unpaired) electrons. The van der Waals surface area contributed by atoms with E-state index in [-0.39, 0.29) is 25.3 Å². The number of rotatable bonds is 10. The Morgan fingerprint density at radius 2 is 1.91 bits per heavy atom. The second-order valence-corrected chi connectivity index (χ2v) is 8.32. The lowest BCUT2D eigenvalue weighted by Gasteiger charge is -2.40. The predicted molar refractivity (Wildman–Crippen MR) is 121 cm³/mol. The largest absolute Gasteiger partial charge is 0.492 e. The van der Waals surface area contributed by atoms with Gasteiger partial charge in [-0.3, -0.25) is 9.29 Å². The lowest BCUT2D eigenvalue weighted by atomic mass is 9.88. The molecule has 4 nitrogen and oxygen atoms in total. The Hall–Kier alpha value is -2.51. The van der Waals surface area contributed by atoms with Gasteiger partial charge in [0, 0.05) is 29.2 Å². The molecular formula is C25H30F3N3O. The van der Waals surface area contributed by atoms with Gasteiger partial charge >= 0.3 is 0 Å². The van der Waals surface area contributed by atoms with Crippen LogP contribution in [0.15, 0.2) is 48.5 Å². The van der Waals surface area contributed by atoms with Gasteiger partial charge in [-0.2, -0.15) is 0 Å². The maximum Gasteiger partial charge on any atom is 0.251 e. The Morgan fingerprint density at radius 1 is 1.12 bits per heavy atom. The molecule has 0 aliphatic carbocycles. The van der Waals surface area contributed by atoms with E-state index in [1.54, 1.807) is 0 Å². The minimum Gasteiger partial charge on any atom is -0.492 e. The molecule has 2 heterocycles. The van der Waals surface area contributed by atoms with Gasteiger partial charge in [0.2, 0.25) is 0 Å². The van der Waals surface area contributed by atoms with Crippen LogP contribution < -0.4 is 10.1 Å². The number of aromatic nitrogens is 1. The number of hydrogen-bond donors (Lipinski definition) is 2. The van der Waals surface area contributed by atoms with Crippen molar-refractivity contribution < 1.29 is 17.9 Å². The van der Waals surface area contributed by atoms with Crippen molar-refractivity contribution >= 4 is 10.9 Å². The number of alkyl halides is 3. The highest BCUT2D eigenvalue weighted by molar-refractivity contribution is 5.85. The van der Waals surface area contributed by atoms with Gasteiger partial charge in [0.25, 0.3) is 6.43 Å². The molecule has 0 saturated heterocycles. The van der Waals surface area contributed by atoms with Crippen LogP contribution in [0, 0.1) is 0 Å². The van der Waals surface area contributed by atoms with Crippen LogP contribution in [0.2, 0.25) is 0 Å². The first kappa shape index (κ1) is 22.7. The number of nitrogens with zero attached hydrogens (tertiary/aromatic N) is 1. The fraction of sp³-hybridized carbons (Fsp3) is 0.440. The molecule has 32 heavy (non-hydrogen) atoms. The summed E-state index contributed by atoms with van der Waals surface area (Å²) in [5.74, 6) is 0.724. The van der Waals surface area contributed by atoms with Crippen LogP contribution in [0.4, 0.5) is 13.2 Å². The highest BCUT2D eigenvalue weighted by atomic mass is 19.3. The maximum atomic E-state index is 13.5. The summed E-state index contributed by atoms with van der Waals surface area (Å²) < 4.78 is 44.8. The summed E-state index contributed by atoms with van der Waals surface area (Å²) in [5.41, 5.74) is 4.20. The van der Waals surface area contributed by atoms with Crippen LogP contribution in [0.25, 0.3) is 10.9 Å². The standard InChI is InChI=1S/C25H30F3N3O/c1-17-15-21-20-5-2-3-6-22(20)30-24(21)25(31(17)16-23(27)28)18-7-9-19(10-8-18)32-14-13-29-12-4-11-26/h2-3,5-10,17,23,25,29-30H,4,11-16H2,1H3/t17-,25-/m1/s1. The van der Waals surface area contributed by atoms with Crippen LogP contribution in [0.3, 0.4) is 0 Å². The third-order valence-electron chi connectivity index (χ3n) is 6.10. The Bertz CT molecular complexity index is 1010. The van der Waals surface area contributed by atoms with Gasteiger partial charge in [0.1, 0.15) is 12.4 Å². The van der Waals surface area contributed by atoms with E-state index in [2.05, 4.69) is 16.4 Å². The second-order valence-electron chi connectivity index (χ2n) is 8.32. The number of aromatic amines is 1. The number of fused-ring (bicyclic) bond motifs is 3.